The van der Waals surface area contributed by atoms with E-state index in [0.29, 0.717) is 18.5 Å². The van der Waals surface area contributed by atoms with Crippen molar-refractivity contribution in [1.29, 1.82) is 0 Å². The number of halogens is 3. The summed E-state index contributed by atoms with van der Waals surface area (Å²) in [6, 6.07) is 1.08. The van der Waals surface area contributed by atoms with Gasteiger partial charge in [-0.05, 0) is 32.8 Å². The number of nitrogens with zero attached hydrogens (tertiary/aromatic N) is 2. The van der Waals surface area contributed by atoms with Gasteiger partial charge in [0.2, 0.25) is 0 Å². The summed E-state index contributed by atoms with van der Waals surface area (Å²) in [7, 11) is 1.51. The Morgan fingerprint density at radius 2 is 1.94 bits per heavy atom. The Hall–Kier alpha value is -1.04. The van der Waals surface area contributed by atoms with Gasteiger partial charge in [-0.15, -0.1) is 0 Å². The van der Waals surface area contributed by atoms with Gasteiger partial charge in [0.25, 0.3) is 0 Å². The molecule has 3 nitrogen and oxygen atoms in total. The third-order valence-corrected chi connectivity index (χ3v) is 2.29. The minimum Gasteiger partial charge on any atom is -0.326 e. The normalized spacial score (nSPS) is 13.2. The van der Waals surface area contributed by atoms with Crippen LogP contribution in [-0.2, 0) is 19.6 Å². The lowest BCUT2D eigenvalue weighted by Gasteiger charge is -2.17. The second-order valence-corrected chi connectivity index (χ2v) is 4.63. The minimum absolute atomic E-state index is 0.386. The highest BCUT2D eigenvalue weighted by Gasteiger charge is 2.34. The Labute approximate surface area is 92.4 Å². The molecule has 2 N–H and O–H groups in total. The largest absolute Gasteiger partial charge is 0.435 e. The molecule has 0 bridgehead atoms. The van der Waals surface area contributed by atoms with Crippen molar-refractivity contribution in [2.24, 2.45) is 12.8 Å². The Morgan fingerprint density at radius 3 is 2.31 bits per heavy atom. The van der Waals surface area contributed by atoms with E-state index in [-0.39, 0.29) is 5.54 Å². The smallest absolute Gasteiger partial charge is 0.326 e. The second-order valence-electron chi connectivity index (χ2n) is 4.63. The maximum absolute atomic E-state index is 12.4. The highest BCUT2D eigenvalue weighted by atomic mass is 19.4. The molecule has 1 rings (SSSR count). The van der Waals surface area contributed by atoms with E-state index in [9.17, 15) is 13.2 Å². The molecule has 0 amide bonds. The predicted molar refractivity (Wildman–Crippen MR) is 54.8 cm³/mol. The Kier molecular flexibility index (Phi) is 3.33. The monoisotopic (exact) mass is 235 g/mol. The molecule has 1 aromatic heterocycles. The van der Waals surface area contributed by atoms with Crippen LogP contribution < -0.4 is 5.73 Å². The van der Waals surface area contributed by atoms with Gasteiger partial charge < -0.3 is 5.73 Å². The third-order valence-electron chi connectivity index (χ3n) is 2.29. The van der Waals surface area contributed by atoms with Gasteiger partial charge in [-0.25, -0.2) is 0 Å². The van der Waals surface area contributed by atoms with E-state index >= 15 is 0 Å². The predicted octanol–water partition coefficient (Wildman–Crippen LogP) is 2.11. The fraction of sp³-hybridized carbons (Fsp3) is 0.700. The van der Waals surface area contributed by atoms with Gasteiger partial charge in [-0.2, -0.15) is 18.3 Å². The average Bonchev–Trinajstić information content (AvgIpc) is 2.41. The summed E-state index contributed by atoms with van der Waals surface area (Å²) in [5.41, 5.74) is 5.09. The number of hydrogen-bond donors (Lipinski definition) is 1. The fourth-order valence-electron chi connectivity index (χ4n) is 1.33. The minimum atomic E-state index is -4.38. The van der Waals surface area contributed by atoms with E-state index in [0.717, 1.165) is 6.07 Å². The van der Waals surface area contributed by atoms with Crippen molar-refractivity contribution >= 4 is 0 Å². The number of hydrogen-bond acceptors (Lipinski definition) is 2. The first kappa shape index (κ1) is 13.0. The van der Waals surface area contributed by atoms with Crippen LogP contribution in [-0.4, -0.2) is 15.3 Å². The van der Waals surface area contributed by atoms with Crippen LogP contribution in [0.3, 0.4) is 0 Å². The Morgan fingerprint density at radius 1 is 1.38 bits per heavy atom. The molecule has 0 radical (unpaired) electrons. The van der Waals surface area contributed by atoms with Gasteiger partial charge in [0, 0.05) is 18.3 Å². The van der Waals surface area contributed by atoms with Crippen LogP contribution in [0.25, 0.3) is 0 Å². The lowest BCUT2D eigenvalue weighted by molar-refractivity contribution is -0.141. The van der Waals surface area contributed by atoms with Crippen LogP contribution in [0.2, 0.25) is 0 Å². The van der Waals surface area contributed by atoms with Crippen molar-refractivity contribution in [2.75, 3.05) is 0 Å². The molecule has 0 saturated carbocycles. The number of aryl methyl sites for hydroxylation is 2. The molecular weight excluding hydrogens is 219 g/mol. The zero-order valence-electron chi connectivity index (χ0n) is 9.60. The molecule has 92 valence electrons. The van der Waals surface area contributed by atoms with Crippen LogP contribution in [0.1, 0.15) is 31.7 Å². The van der Waals surface area contributed by atoms with Gasteiger partial charge in [-0.3, -0.25) is 4.68 Å². The van der Waals surface area contributed by atoms with Crippen LogP contribution >= 0.6 is 0 Å². The number of nitrogens with two attached hydrogens (primary N) is 1. The van der Waals surface area contributed by atoms with Crippen molar-refractivity contribution in [2.45, 2.75) is 38.4 Å². The van der Waals surface area contributed by atoms with Gasteiger partial charge >= 0.3 is 6.18 Å². The lowest BCUT2D eigenvalue weighted by atomic mass is 9.99. The molecule has 0 spiro atoms. The summed E-state index contributed by atoms with van der Waals surface area (Å²) in [6.45, 7) is 3.68. The lowest BCUT2D eigenvalue weighted by Crippen LogP contribution is -2.32. The maximum Gasteiger partial charge on any atom is 0.435 e. The van der Waals surface area contributed by atoms with Crippen LogP contribution in [0.15, 0.2) is 6.07 Å². The zero-order valence-corrected chi connectivity index (χ0v) is 9.60. The van der Waals surface area contributed by atoms with E-state index in [1.54, 1.807) is 0 Å². The highest BCUT2D eigenvalue weighted by molar-refractivity contribution is 5.13. The standard InChI is InChI=1S/C10H16F3N3/c1-9(2,14)5-4-7-6-8(10(11,12)13)15-16(7)3/h6H,4-5,14H2,1-3H3. The molecule has 0 fully saturated rings. The van der Waals surface area contributed by atoms with Crippen LogP contribution in [0.5, 0.6) is 0 Å². The molecule has 1 heterocycles. The Bertz CT molecular complexity index is 360. The van der Waals surface area contributed by atoms with Crippen LogP contribution in [0, 0.1) is 0 Å². The third kappa shape index (κ3) is 3.52. The first-order valence-corrected chi connectivity index (χ1v) is 4.98. The van der Waals surface area contributed by atoms with Crippen molar-refractivity contribution in [3.63, 3.8) is 0 Å². The number of rotatable bonds is 3. The quantitative estimate of drug-likeness (QED) is 0.872. The molecule has 0 aliphatic rings. The molecule has 6 heteroatoms. The zero-order chi connectivity index (χ0) is 12.6. The average molecular weight is 235 g/mol. The van der Waals surface area contributed by atoms with Gasteiger partial charge in [0.1, 0.15) is 0 Å². The molecule has 0 aromatic carbocycles. The van der Waals surface area contributed by atoms with E-state index in [4.69, 9.17) is 5.73 Å². The topological polar surface area (TPSA) is 43.8 Å². The molecular formula is C10H16F3N3. The van der Waals surface area contributed by atoms with Crippen molar-refractivity contribution < 1.29 is 13.2 Å². The van der Waals surface area contributed by atoms with Crippen molar-refractivity contribution in [1.82, 2.24) is 9.78 Å². The summed E-state index contributed by atoms with van der Waals surface area (Å²) in [5.74, 6) is 0. The molecule has 0 atom stereocenters. The SMILES string of the molecule is Cn1nc(C(F)(F)F)cc1CCC(C)(C)N. The van der Waals surface area contributed by atoms with Gasteiger partial charge in [0.15, 0.2) is 5.69 Å². The second kappa shape index (κ2) is 4.08. The Balaban J connectivity index is 2.79. The molecule has 0 unspecified atom stereocenters. The molecule has 0 aliphatic heterocycles. The number of aromatic nitrogens is 2. The molecule has 1 aromatic rings. The highest BCUT2D eigenvalue weighted by Crippen LogP contribution is 2.28. The summed E-state index contributed by atoms with van der Waals surface area (Å²) < 4.78 is 38.3. The van der Waals surface area contributed by atoms with Crippen molar-refractivity contribution in [3.05, 3.63) is 17.5 Å². The van der Waals surface area contributed by atoms with E-state index < -0.39 is 11.9 Å². The summed E-state index contributed by atoms with van der Waals surface area (Å²) in [4.78, 5) is 0. The van der Waals surface area contributed by atoms with Gasteiger partial charge in [-0.1, -0.05) is 0 Å². The summed E-state index contributed by atoms with van der Waals surface area (Å²) >= 11 is 0. The first-order valence-electron chi connectivity index (χ1n) is 4.98. The van der Waals surface area contributed by atoms with E-state index in [1.165, 1.54) is 11.7 Å². The first-order chi connectivity index (χ1) is 7.09. The molecule has 0 saturated heterocycles. The van der Waals surface area contributed by atoms with Gasteiger partial charge in [0.05, 0.1) is 0 Å². The van der Waals surface area contributed by atoms with Crippen LogP contribution in [0.4, 0.5) is 13.2 Å². The number of alkyl halides is 3. The maximum atomic E-state index is 12.4. The molecule has 16 heavy (non-hydrogen) atoms. The molecule has 0 aliphatic carbocycles. The van der Waals surface area contributed by atoms with Crippen molar-refractivity contribution in [3.8, 4) is 0 Å². The van der Waals surface area contributed by atoms with E-state index in [2.05, 4.69) is 5.10 Å². The van der Waals surface area contributed by atoms with E-state index in [1.807, 2.05) is 13.8 Å². The summed E-state index contributed by atoms with van der Waals surface area (Å²) in [6.07, 6.45) is -3.28. The summed E-state index contributed by atoms with van der Waals surface area (Å²) in [5, 5.41) is 3.43. The fourth-order valence-corrected chi connectivity index (χ4v) is 1.33.